The molecule has 0 amide bonds. The molecule has 13 heavy (non-hydrogen) atoms. The van der Waals surface area contributed by atoms with E-state index in [0.29, 0.717) is 6.47 Å². The molecule has 0 rings (SSSR count). The molecule has 0 aromatic rings. The molecule has 0 aliphatic rings. The molecule has 0 heterocycles. The predicted molar refractivity (Wildman–Crippen MR) is 45.8 cm³/mol. The van der Waals surface area contributed by atoms with Crippen LogP contribution in [0.1, 0.15) is 27.7 Å². The van der Waals surface area contributed by atoms with E-state index in [9.17, 15) is 4.79 Å². The fourth-order valence-corrected chi connectivity index (χ4v) is 0.409. The number of hydrogen-bond acceptors (Lipinski definition) is 5. The van der Waals surface area contributed by atoms with Crippen LogP contribution in [-0.4, -0.2) is 17.7 Å². The molecule has 0 spiro atoms. The zero-order chi connectivity index (χ0) is 10.5. The molecule has 72 valence electrons. The summed E-state index contributed by atoms with van der Waals surface area (Å²) >= 11 is 0. The van der Waals surface area contributed by atoms with Crippen LogP contribution in [0.15, 0.2) is 10.2 Å². The van der Waals surface area contributed by atoms with Gasteiger partial charge >= 0.3 is 0 Å². The molecule has 0 saturated carbocycles. The molecular weight excluding hydrogens is 170 g/mol. The molecule has 0 aromatic heterocycles. The van der Waals surface area contributed by atoms with Crippen LogP contribution in [0.25, 0.3) is 0 Å². The second-order valence-electron chi connectivity index (χ2n) is 3.53. The van der Waals surface area contributed by atoms with Crippen LogP contribution < -0.4 is 0 Å². The average Bonchev–Trinajstić information content (AvgIpc) is 2.02. The van der Waals surface area contributed by atoms with Crippen molar-refractivity contribution in [3.05, 3.63) is 0 Å². The van der Waals surface area contributed by atoms with E-state index in [0.717, 1.165) is 0 Å². The van der Waals surface area contributed by atoms with Crippen LogP contribution in [0.2, 0.25) is 0 Å². The molecule has 0 radical (unpaired) electrons. The number of hydrogen-bond donors (Lipinski definition) is 0. The predicted octanol–water partition coefficient (Wildman–Crippen LogP) is 1.65. The first-order valence-electron chi connectivity index (χ1n) is 3.80. The maximum atomic E-state index is 10.0. The van der Waals surface area contributed by atoms with Crippen molar-refractivity contribution in [2.45, 2.75) is 39.0 Å². The normalized spacial score (nSPS) is 12.5. The SMILES string of the molecule is CC(C)(C#N)N=NC(C)(C)OC=O. The first-order valence-corrected chi connectivity index (χ1v) is 3.80. The largest absolute Gasteiger partial charge is 0.438 e. The maximum absolute atomic E-state index is 10.0. The third-order valence-corrected chi connectivity index (χ3v) is 1.15. The van der Waals surface area contributed by atoms with Crippen LogP contribution in [0.3, 0.4) is 0 Å². The van der Waals surface area contributed by atoms with Crippen molar-refractivity contribution in [1.29, 1.82) is 5.26 Å². The lowest BCUT2D eigenvalue weighted by Crippen LogP contribution is -2.22. The molecule has 0 aliphatic heterocycles. The molecule has 5 heteroatoms. The van der Waals surface area contributed by atoms with E-state index < -0.39 is 11.3 Å². The fraction of sp³-hybridized carbons (Fsp3) is 0.750. The van der Waals surface area contributed by atoms with Gasteiger partial charge in [0.2, 0.25) is 5.72 Å². The minimum Gasteiger partial charge on any atom is -0.438 e. The van der Waals surface area contributed by atoms with Gasteiger partial charge in [-0.1, -0.05) is 0 Å². The van der Waals surface area contributed by atoms with Crippen molar-refractivity contribution >= 4 is 6.47 Å². The molecule has 0 unspecified atom stereocenters. The van der Waals surface area contributed by atoms with E-state index in [1.807, 2.05) is 6.07 Å². The molecule has 0 fully saturated rings. The number of carbonyl (C=O) groups is 1. The lowest BCUT2D eigenvalue weighted by atomic mass is 10.1. The summed E-state index contributed by atoms with van der Waals surface area (Å²) < 4.78 is 4.62. The monoisotopic (exact) mass is 183 g/mol. The molecule has 0 aliphatic carbocycles. The summed E-state index contributed by atoms with van der Waals surface area (Å²) in [5.41, 5.74) is -1.89. The van der Waals surface area contributed by atoms with Gasteiger partial charge in [0.25, 0.3) is 6.47 Å². The molecule has 0 saturated heterocycles. The highest BCUT2D eigenvalue weighted by atomic mass is 16.5. The van der Waals surface area contributed by atoms with Gasteiger partial charge in [0.05, 0.1) is 6.07 Å². The Labute approximate surface area is 77.4 Å². The fourth-order valence-electron chi connectivity index (χ4n) is 0.409. The standard InChI is InChI=1S/C8H13N3O2/c1-7(2,5-9)10-11-8(3,4)13-6-12/h6H,1-4H3. The second-order valence-corrected chi connectivity index (χ2v) is 3.53. The van der Waals surface area contributed by atoms with Gasteiger partial charge in [-0.3, -0.25) is 4.79 Å². The van der Waals surface area contributed by atoms with Crippen LogP contribution in [-0.2, 0) is 9.53 Å². The number of nitrogens with zero attached hydrogens (tertiary/aromatic N) is 3. The lowest BCUT2D eigenvalue weighted by molar-refractivity contribution is -0.140. The minimum absolute atomic E-state index is 0.304. The summed E-state index contributed by atoms with van der Waals surface area (Å²) in [6, 6.07) is 1.95. The van der Waals surface area contributed by atoms with E-state index in [1.54, 1.807) is 27.7 Å². The number of rotatable bonds is 4. The van der Waals surface area contributed by atoms with Crippen LogP contribution in [0.5, 0.6) is 0 Å². The zero-order valence-electron chi connectivity index (χ0n) is 8.24. The highest BCUT2D eigenvalue weighted by Gasteiger charge is 2.21. The quantitative estimate of drug-likeness (QED) is 0.491. The highest BCUT2D eigenvalue weighted by molar-refractivity contribution is 5.37. The van der Waals surface area contributed by atoms with E-state index in [1.165, 1.54) is 0 Å². The van der Waals surface area contributed by atoms with Gasteiger partial charge in [-0.05, 0) is 27.7 Å². The highest BCUT2D eigenvalue weighted by Crippen LogP contribution is 2.15. The van der Waals surface area contributed by atoms with Crippen molar-refractivity contribution in [3.63, 3.8) is 0 Å². The summed E-state index contributed by atoms with van der Waals surface area (Å²) in [5.74, 6) is 0. The summed E-state index contributed by atoms with van der Waals surface area (Å²) in [6.07, 6.45) is 0. The maximum Gasteiger partial charge on any atom is 0.295 e. The van der Waals surface area contributed by atoms with Crippen LogP contribution in [0.4, 0.5) is 0 Å². The molecule has 0 N–H and O–H groups in total. The second kappa shape index (κ2) is 3.99. The molecule has 0 atom stereocenters. The van der Waals surface area contributed by atoms with Gasteiger partial charge in [-0.15, -0.1) is 5.11 Å². The minimum atomic E-state index is -1.00. The van der Waals surface area contributed by atoms with Crippen molar-refractivity contribution < 1.29 is 9.53 Å². The lowest BCUT2D eigenvalue weighted by Gasteiger charge is -2.17. The first-order chi connectivity index (χ1) is 5.83. The van der Waals surface area contributed by atoms with Crippen LogP contribution in [0, 0.1) is 11.3 Å². The van der Waals surface area contributed by atoms with Crippen molar-refractivity contribution in [3.8, 4) is 6.07 Å². The molecule has 5 nitrogen and oxygen atoms in total. The summed E-state index contributed by atoms with van der Waals surface area (Å²) in [5, 5.41) is 16.1. The number of carbonyl (C=O) groups excluding carboxylic acids is 1. The van der Waals surface area contributed by atoms with Gasteiger partial charge in [0, 0.05) is 0 Å². The van der Waals surface area contributed by atoms with Gasteiger partial charge < -0.3 is 4.74 Å². The van der Waals surface area contributed by atoms with Gasteiger partial charge in [0.1, 0.15) is 0 Å². The molecule has 0 bridgehead atoms. The van der Waals surface area contributed by atoms with Crippen molar-refractivity contribution in [1.82, 2.24) is 0 Å². The topological polar surface area (TPSA) is 74.8 Å². The average molecular weight is 183 g/mol. The van der Waals surface area contributed by atoms with E-state index >= 15 is 0 Å². The Balaban J connectivity index is 4.43. The summed E-state index contributed by atoms with van der Waals surface area (Å²) in [7, 11) is 0. The number of ether oxygens (including phenoxy) is 1. The Morgan fingerprint density at radius 3 is 2.23 bits per heavy atom. The van der Waals surface area contributed by atoms with E-state index in [2.05, 4.69) is 15.0 Å². The van der Waals surface area contributed by atoms with Gasteiger partial charge in [0.15, 0.2) is 5.54 Å². The summed E-state index contributed by atoms with van der Waals surface area (Å²) in [4.78, 5) is 10.0. The number of nitriles is 1. The van der Waals surface area contributed by atoms with Gasteiger partial charge in [-0.25, -0.2) is 0 Å². The summed E-state index contributed by atoms with van der Waals surface area (Å²) in [6.45, 7) is 6.70. The Kier molecular flexibility index (Phi) is 3.54. The van der Waals surface area contributed by atoms with E-state index in [4.69, 9.17) is 5.26 Å². The first kappa shape index (κ1) is 11.6. The van der Waals surface area contributed by atoms with Crippen molar-refractivity contribution in [2.75, 3.05) is 0 Å². The van der Waals surface area contributed by atoms with Gasteiger partial charge in [-0.2, -0.15) is 10.4 Å². The Morgan fingerprint density at radius 1 is 1.31 bits per heavy atom. The third kappa shape index (κ3) is 4.90. The molecular formula is C8H13N3O2. The Morgan fingerprint density at radius 2 is 1.85 bits per heavy atom. The Hall–Kier alpha value is -1.44. The number of azo groups is 1. The Bertz CT molecular complexity index is 251. The third-order valence-electron chi connectivity index (χ3n) is 1.15. The smallest absolute Gasteiger partial charge is 0.295 e. The zero-order valence-corrected chi connectivity index (χ0v) is 8.24. The van der Waals surface area contributed by atoms with Crippen molar-refractivity contribution in [2.24, 2.45) is 10.2 Å². The van der Waals surface area contributed by atoms with E-state index in [-0.39, 0.29) is 0 Å². The molecule has 0 aromatic carbocycles. The van der Waals surface area contributed by atoms with Crippen LogP contribution >= 0.6 is 0 Å².